The quantitative estimate of drug-likeness (QED) is 0.176. The van der Waals surface area contributed by atoms with Crippen LogP contribution in [0, 0.1) is 0 Å². The zero-order valence-corrected chi connectivity index (χ0v) is 28.7. The van der Waals surface area contributed by atoms with Crippen molar-refractivity contribution in [2.75, 3.05) is 0 Å². The molecule has 5 aromatic rings. The van der Waals surface area contributed by atoms with E-state index in [4.69, 9.17) is 0 Å². The lowest BCUT2D eigenvalue weighted by molar-refractivity contribution is 1.09. The van der Waals surface area contributed by atoms with Gasteiger partial charge in [-0.2, -0.15) is 0 Å². The van der Waals surface area contributed by atoms with Gasteiger partial charge in [0.2, 0.25) is 0 Å². The van der Waals surface area contributed by atoms with Gasteiger partial charge in [-0.05, 0) is 96.7 Å². The Balaban J connectivity index is 0.00000151. The minimum atomic E-state index is 0.953. The first-order chi connectivity index (χ1) is 24.1. The zero-order valence-electron chi connectivity index (χ0n) is 28.7. The molecule has 6 rings (SSSR count). The summed E-state index contributed by atoms with van der Waals surface area (Å²) in [6.45, 7) is 17.7. The zero-order chi connectivity index (χ0) is 34.6. The van der Waals surface area contributed by atoms with Crippen molar-refractivity contribution >= 4 is 23.1 Å². The number of rotatable bonds is 7. The molecule has 1 aliphatic rings. The van der Waals surface area contributed by atoms with Gasteiger partial charge in [-0.1, -0.05) is 135 Å². The van der Waals surface area contributed by atoms with Gasteiger partial charge in [0.15, 0.2) is 0 Å². The molecule has 1 aromatic heterocycles. The van der Waals surface area contributed by atoms with E-state index in [1.165, 1.54) is 27.6 Å². The van der Waals surface area contributed by atoms with E-state index in [9.17, 15) is 0 Å². The molecule has 2 heteroatoms. The summed E-state index contributed by atoms with van der Waals surface area (Å²) in [7, 11) is 0. The maximum Gasteiger partial charge on any atom is 0.0541 e. The molecule has 0 saturated carbocycles. The SMILES string of the molecule is C=CC.C=CC1=C(\C=C/C)/C=C\c2c(c3ccccc3n2-c2cc(-c3ccccc3)cc(-c3ccccc3)c2)/C=C/NC(/C=C\C)=C\1C=C. The number of nitrogens with zero attached hydrogens (tertiary/aromatic N) is 1. The number of hydrogen-bond donors (Lipinski definition) is 1. The van der Waals surface area contributed by atoms with E-state index < -0.39 is 0 Å². The van der Waals surface area contributed by atoms with Gasteiger partial charge in [0, 0.05) is 34.1 Å². The van der Waals surface area contributed by atoms with Crippen LogP contribution in [0.25, 0.3) is 51.0 Å². The van der Waals surface area contributed by atoms with Crippen LogP contribution in [0.15, 0.2) is 200 Å². The van der Waals surface area contributed by atoms with Crippen LogP contribution in [-0.2, 0) is 0 Å². The standard InChI is InChI=1S/C44H38N2.C3H6/c1-5-17-34-25-26-44-41(27-28-45-42(18-6-2)39(8-4)38(34)7-3)40-23-15-16-24-43(40)46(44)37-30-35(32-19-11-9-12-20-32)29-36(31-37)33-21-13-10-14-22-33;1-3-2/h5-31,45H,3-4H2,1-2H3;3H,1H2,2H3/b17-5-,18-6-,26-25-,28-27+,38-34-,42-39-;. The lowest BCUT2D eigenvalue weighted by Crippen LogP contribution is -2.07. The molecule has 2 nitrogen and oxygen atoms in total. The first-order valence-electron chi connectivity index (χ1n) is 16.7. The van der Waals surface area contributed by atoms with Crippen molar-refractivity contribution < 1.29 is 0 Å². The molecular weight excluding hydrogens is 593 g/mol. The first-order valence-corrected chi connectivity index (χ1v) is 16.7. The average molecular weight is 637 g/mol. The fourth-order valence-corrected chi connectivity index (χ4v) is 6.17. The van der Waals surface area contributed by atoms with Crippen molar-refractivity contribution in [1.82, 2.24) is 9.88 Å². The molecule has 1 aliphatic heterocycles. The van der Waals surface area contributed by atoms with Crippen molar-refractivity contribution in [3.8, 4) is 27.9 Å². The Morgan fingerprint density at radius 2 is 1.16 bits per heavy atom. The summed E-state index contributed by atoms with van der Waals surface area (Å²) in [6, 6.07) is 36.8. The topological polar surface area (TPSA) is 17.0 Å². The first kappa shape index (κ1) is 34.2. The van der Waals surface area contributed by atoms with E-state index in [0.717, 1.165) is 44.9 Å². The Kier molecular flexibility index (Phi) is 11.6. The molecule has 4 aromatic carbocycles. The van der Waals surface area contributed by atoms with Gasteiger partial charge >= 0.3 is 0 Å². The van der Waals surface area contributed by atoms with E-state index in [2.05, 4.69) is 169 Å². The lowest BCUT2D eigenvalue weighted by Gasteiger charge is -2.15. The number of fused-ring (bicyclic) bond motifs is 3. The summed E-state index contributed by atoms with van der Waals surface area (Å²) in [4.78, 5) is 0. The third-order valence-corrected chi connectivity index (χ3v) is 8.23. The van der Waals surface area contributed by atoms with Crippen LogP contribution < -0.4 is 5.32 Å². The highest BCUT2D eigenvalue weighted by Gasteiger charge is 2.18. The van der Waals surface area contributed by atoms with E-state index >= 15 is 0 Å². The van der Waals surface area contributed by atoms with Crippen LogP contribution in [-0.4, -0.2) is 4.57 Å². The summed E-state index contributed by atoms with van der Waals surface area (Å²) in [5, 5.41) is 4.73. The second kappa shape index (κ2) is 16.6. The molecule has 0 atom stereocenters. The van der Waals surface area contributed by atoms with Gasteiger partial charge in [-0.25, -0.2) is 0 Å². The van der Waals surface area contributed by atoms with E-state index in [1.807, 2.05) is 45.2 Å². The molecule has 2 heterocycles. The predicted molar refractivity (Wildman–Crippen MR) is 215 cm³/mol. The minimum Gasteiger partial charge on any atom is -0.361 e. The van der Waals surface area contributed by atoms with Gasteiger partial charge in [0.1, 0.15) is 0 Å². The van der Waals surface area contributed by atoms with Crippen LogP contribution in [0.2, 0.25) is 0 Å². The van der Waals surface area contributed by atoms with Crippen molar-refractivity contribution in [3.05, 3.63) is 211 Å². The second-order valence-electron chi connectivity index (χ2n) is 11.5. The summed E-state index contributed by atoms with van der Waals surface area (Å²) in [6.07, 6.45) is 22.5. The highest BCUT2D eigenvalue weighted by Crippen LogP contribution is 2.37. The molecule has 0 unspecified atom stereocenters. The summed E-state index contributed by atoms with van der Waals surface area (Å²) in [5.74, 6) is 0. The number of aromatic nitrogens is 1. The highest BCUT2D eigenvalue weighted by atomic mass is 15.0. The molecule has 0 bridgehead atoms. The molecule has 49 heavy (non-hydrogen) atoms. The third-order valence-electron chi connectivity index (χ3n) is 8.23. The highest BCUT2D eigenvalue weighted by molar-refractivity contribution is 5.96. The number of para-hydroxylation sites is 1. The summed E-state index contributed by atoms with van der Waals surface area (Å²) in [5.41, 5.74) is 13.1. The Labute approximate surface area is 292 Å². The minimum absolute atomic E-state index is 0.953. The van der Waals surface area contributed by atoms with Crippen LogP contribution in [0.1, 0.15) is 32.0 Å². The number of hydrogen-bond acceptors (Lipinski definition) is 1. The van der Waals surface area contributed by atoms with Crippen LogP contribution in [0.3, 0.4) is 0 Å². The molecule has 0 saturated heterocycles. The lowest BCUT2D eigenvalue weighted by atomic mass is 9.96. The molecule has 0 spiro atoms. The van der Waals surface area contributed by atoms with E-state index in [1.54, 1.807) is 6.08 Å². The van der Waals surface area contributed by atoms with Crippen LogP contribution in [0.5, 0.6) is 0 Å². The Bertz CT molecular complexity index is 2080. The van der Waals surface area contributed by atoms with Crippen molar-refractivity contribution in [3.63, 3.8) is 0 Å². The normalized spacial score (nSPS) is 17.4. The number of allylic oxidation sites excluding steroid dienone is 11. The van der Waals surface area contributed by atoms with E-state index in [0.29, 0.717) is 0 Å². The van der Waals surface area contributed by atoms with Crippen molar-refractivity contribution in [1.29, 1.82) is 0 Å². The van der Waals surface area contributed by atoms with Crippen molar-refractivity contribution in [2.24, 2.45) is 0 Å². The molecule has 242 valence electrons. The van der Waals surface area contributed by atoms with Gasteiger partial charge in [-0.3, -0.25) is 0 Å². The molecule has 0 fully saturated rings. The molecule has 0 amide bonds. The van der Waals surface area contributed by atoms with Gasteiger partial charge in [0.25, 0.3) is 0 Å². The predicted octanol–water partition coefficient (Wildman–Crippen LogP) is 12.8. The summed E-state index contributed by atoms with van der Waals surface area (Å²) < 4.78 is 2.39. The van der Waals surface area contributed by atoms with Crippen LogP contribution >= 0.6 is 0 Å². The summed E-state index contributed by atoms with van der Waals surface area (Å²) >= 11 is 0. The van der Waals surface area contributed by atoms with Gasteiger partial charge in [0.05, 0.1) is 11.2 Å². The maximum atomic E-state index is 4.20. The van der Waals surface area contributed by atoms with Crippen LogP contribution in [0.4, 0.5) is 0 Å². The smallest absolute Gasteiger partial charge is 0.0541 e. The monoisotopic (exact) mass is 636 g/mol. The number of benzene rings is 4. The Hall–Kier alpha value is -6.12. The third kappa shape index (κ3) is 7.56. The van der Waals surface area contributed by atoms with Gasteiger partial charge < -0.3 is 9.88 Å². The maximum absolute atomic E-state index is 4.20. The largest absolute Gasteiger partial charge is 0.361 e. The Morgan fingerprint density at radius 1 is 0.592 bits per heavy atom. The van der Waals surface area contributed by atoms with E-state index in [-0.39, 0.29) is 0 Å². The molecule has 1 N–H and O–H groups in total. The number of nitrogens with one attached hydrogen (secondary N) is 1. The van der Waals surface area contributed by atoms with Crippen molar-refractivity contribution in [2.45, 2.75) is 20.8 Å². The molecule has 0 aliphatic carbocycles. The fourth-order valence-electron chi connectivity index (χ4n) is 6.17. The second-order valence-corrected chi connectivity index (χ2v) is 11.5. The fraction of sp³-hybridized carbons (Fsp3) is 0.0638. The van der Waals surface area contributed by atoms with Gasteiger partial charge in [-0.15, -0.1) is 6.58 Å². The Morgan fingerprint density at radius 3 is 1.73 bits per heavy atom. The molecular formula is C47H44N2. The molecule has 0 radical (unpaired) electrons. The average Bonchev–Trinajstić information content (AvgIpc) is 3.44.